The summed E-state index contributed by atoms with van der Waals surface area (Å²) in [4.78, 5) is 9.33. The van der Waals surface area contributed by atoms with E-state index in [2.05, 4.69) is 43.3 Å². The summed E-state index contributed by atoms with van der Waals surface area (Å²) in [5.74, 6) is 2.22. The average molecular weight is 316 g/mol. The number of hydrogen-bond donors (Lipinski definition) is 0. The van der Waals surface area contributed by atoms with Gasteiger partial charge in [0.15, 0.2) is 5.15 Å². The zero-order valence-electron chi connectivity index (χ0n) is 13.6. The van der Waals surface area contributed by atoms with Crippen LogP contribution in [-0.4, -0.2) is 14.5 Å². The van der Waals surface area contributed by atoms with Gasteiger partial charge in [0.1, 0.15) is 11.3 Å². The lowest BCUT2D eigenvalue weighted by Gasteiger charge is -2.14. The van der Waals surface area contributed by atoms with Crippen LogP contribution in [0.2, 0.25) is 5.15 Å². The SMILES string of the molecule is CC(C)Cc1nc2c(Cl)nc3ccccc3c2n1CC(C)C. The van der Waals surface area contributed by atoms with Crippen LogP contribution in [0.4, 0.5) is 0 Å². The second-order valence-electron chi connectivity index (χ2n) is 6.75. The molecule has 0 aliphatic carbocycles. The second kappa shape index (κ2) is 5.88. The molecule has 3 nitrogen and oxygen atoms in total. The van der Waals surface area contributed by atoms with Crippen LogP contribution < -0.4 is 0 Å². The van der Waals surface area contributed by atoms with Crippen molar-refractivity contribution in [2.45, 2.75) is 40.7 Å². The van der Waals surface area contributed by atoms with Crippen molar-refractivity contribution in [2.24, 2.45) is 11.8 Å². The first kappa shape index (κ1) is 15.3. The standard InChI is InChI=1S/C18H22ClN3/c1-11(2)9-15-21-16-17(22(15)10-12(3)4)13-7-5-6-8-14(13)20-18(16)19/h5-8,11-12H,9-10H2,1-4H3. The minimum Gasteiger partial charge on any atom is -0.327 e. The molecule has 0 fully saturated rings. The Bertz CT molecular complexity index is 818. The van der Waals surface area contributed by atoms with Crippen molar-refractivity contribution in [3.05, 3.63) is 35.2 Å². The quantitative estimate of drug-likeness (QED) is 0.628. The van der Waals surface area contributed by atoms with Gasteiger partial charge < -0.3 is 4.57 Å². The number of benzene rings is 1. The van der Waals surface area contributed by atoms with Gasteiger partial charge in [-0.3, -0.25) is 0 Å². The van der Waals surface area contributed by atoms with Crippen LogP contribution in [0.15, 0.2) is 24.3 Å². The molecule has 0 amide bonds. The minimum atomic E-state index is 0.501. The van der Waals surface area contributed by atoms with E-state index in [1.165, 1.54) is 0 Å². The molecule has 0 spiro atoms. The third-order valence-electron chi connectivity index (χ3n) is 3.76. The highest BCUT2D eigenvalue weighted by molar-refractivity contribution is 6.35. The van der Waals surface area contributed by atoms with Crippen molar-refractivity contribution in [3.63, 3.8) is 0 Å². The van der Waals surface area contributed by atoms with Gasteiger partial charge in [0.25, 0.3) is 0 Å². The Kier molecular flexibility index (Phi) is 4.09. The summed E-state index contributed by atoms with van der Waals surface area (Å²) in [6.07, 6.45) is 0.950. The van der Waals surface area contributed by atoms with Crippen LogP contribution in [0, 0.1) is 11.8 Å². The van der Waals surface area contributed by atoms with Crippen molar-refractivity contribution in [3.8, 4) is 0 Å². The fourth-order valence-corrected chi connectivity index (χ4v) is 3.15. The Morgan fingerprint density at radius 1 is 1.05 bits per heavy atom. The topological polar surface area (TPSA) is 30.7 Å². The summed E-state index contributed by atoms with van der Waals surface area (Å²) in [6, 6.07) is 8.16. The normalized spacial score (nSPS) is 12.1. The van der Waals surface area contributed by atoms with Gasteiger partial charge in [0, 0.05) is 18.4 Å². The fraction of sp³-hybridized carbons (Fsp3) is 0.444. The van der Waals surface area contributed by atoms with Crippen molar-refractivity contribution < 1.29 is 0 Å². The van der Waals surface area contributed by atoms with Crippen LogP contribution in [0.25, 0.3) is 21.9 Å². The van der Waals surface area contributed by atoms with Crippen LogP contribution in [0.5, 0.6) is 0 Å². The smallest absolute Gasteiger partial charge is 0.157 e. The summed E-state index contributed by atoms with van der Waals surface area (Å²) in [5.41, 5.74) is 2.89. The fourth-order valence-electron chi connectivity index (χ4n) is 2.93. The maximum Gasteiger partial charge on any atom is 0.157 e. The molecule has 0 aliphatic rings. The monoisotopic (exact) mass is 315 g/mol. The molecule has 1 aromatic carbocycles. The maximum atomic E-state index is 6.41. The second-order valence-corrected chi connectivity index (χ2v) is 7.11. The molecule has 22 heavy (non-hydrogen) atoms. The highest BCUT2D eigenvalue weighted by Gasteiger charge is 2.18. The molecule has 116 valence electrons. The molecular formula is C18H22ClN3. The third kappa shape index (κ3) is 2.70. The molecule has 0 N–H and O–H groups in total. The number of hydrogen-bond acceptors (Lipinski definition) is 2. The molecule has 0 bridgehead atoms. The molecular weight excluding hydrogens is 294 g/mol. The van der Waals surface area contributed by atoms with Crippen LogP contribution >= 0.6 is 11.6 Å². The van der Waals surface area contributed by atoms with E-state index in [4.69, 9.17) is 16.6 Å². The molecule has 3 rings (SSSR count). The predicted octanol–water partition coefficient (Wildman–Crippen LogP) is 5.09. The lowest BCUT2D eigenvalue weighted by Crippen LogP contribution is -2.10. The Morgan fingerprint density at radius 2 is 1.77 bits per heavy atom. The van der Waals surface area contributed by atoms with Gasteiger partial charge in [-0.05, 0) is 17.9 Å². The molecule has 0 aliphatic heterocycles. The van der Waals surface area contributed by atoms with E-state index >= 15 is 0 Å². The molecule has 2 aromatic heterocycles. The highest BCUT2D eigenvalue weighted by Crippen LogP contribution is 2.31. The predicted molar refractivity (Wildman–Crippen MR) is 93.4 cm³/mol. The van der Waals surface area contributed by atoms with Crippen LogP contribution in [0.1, 0.15) is 33.5 Å². The Labute approximate surface area is 136 Å². The van der Waals surface area contributed by atoms with Gasteiger partial charge >= 0.3 is 0 Å². The lowest BCUT2D eigenvalue weighted by atomic mass is 10.1. The maximum absolute atomic E-state index is 6.41. The summed E-state index contributed by atoms with van der Waals surface area (Å²) in [7, 11) is 0. The Balaban J connectivity index is 2.37. The minimum absolute atomic E-state index is 0.501. The molecule has 0 atom stereocenters. The summed E-state index contributed by atoms with van der Waals surface area (Å²) in [5, 5.41) is 1.63. The molecule has 0 unspecified atom stereocenters. The molecule has 0 radical (unpaired) electrons. The van der Waals surface area contributed by atoms with Crippen molar-refractivity contribution >= 4 is 33.5 Å². The summed E-state index contributed by atoms with van der Waals surface area (Å²) >= 11 is 6.41. The van der Waals surface area contributed by atoms with Gasteiger partial charge in [0.05, 0.1) is 11.0 Å². The zero-order valence-corrected chi connectivity index (χ0v) is 14.4. The van der Waals surface area contributed by atoms with Gasteiger partial charge in [-0.2, -0.15) is 0 Å². The highest BCUT2D eigenvalue weighted by atomic mass is 35.5. The lowest BCUT2D eigenvalue weighted by molar-refractivity contribution is 0.500. The van der Waals surface area contributed by atoms with E-state index in [1.54, 1.807) is 0 Å². The molecule has 2 heterocycles. The van der Waals surface area contributed by atoms with Gasteiger partial charge in [-0.25, -0.2) is 9.97 Å². The van der Waals surface area contributed by atoms with Gasteiger partial charge in [-0.15, -0.1) is 0 Å². The summed E-state index contributed by atoms with van der Waals surface area (Å²) < 4.78 is 2.34. The van der Waals surface area contributed by atoms with Gasteiger partial charge in [0.2, 0.25) is 0 Å². The van der Waals surface area contributed by atoms with Gasteiger partial charge in [-0.1, -0.05) is 57.5 Å². The number of para-hydroxylation sites is 1. The first-order chi connectivity index (χ1) is 10.5. The van der Waals surface area contributed by atoms with E-state index in [-0.39, 0.29) is 0 Å². The third-order valence-corrected chi connectivity index (χ3v) is 4.02. The van der Waals surface area contributed by atoms with E-state index in [1.807, 2.05) is 18.2 Å². The number of aromatic nitrogens is 3. The van der Waals surface area contributed by atoms with E-state index in [0.29, 0.717) is 17.0 Å². The van der Waals surface area contributed by atoms with E-state index in [9.17, 15) is 0 Å². The first-order valence-corrected chi connectivity index (χ1v) is 8.28. The van der Waals surface area contributed by atoms with Crippen LogP contribution in [-0.2, 0) is 13.0 Å². The number of fused-ring (bicyclic) bond motifs is 3. The van der Waals surface area contributed by atoms with Crippen molar-refractivity contribution in [2.75, 3.05) is 0 Å². The first-order valence-electron chi connectivity index (χ1n) is 7.90. The Hall–Kier alpha value is -1.61. The molecule has 0 saturated heterocycles. The molecule has 0 saturated carbocycles. The number of imidazole rings is 1. The number of rotatable bonds is 4. The van der Waals surface area contributed by atoms with Crippen molar-refractivity contribution in [1.82, 2.24) is 14.5 Å². The number of halogens is 1. The molecule has 3 aromatic rings. The largest absolute Gasteiger partial charge is 0.327 e. The van der Waals surface area contributed by atoms with Crippen molar-refractivity contribution in [1.29, 1.82) is 0 Å². The van der Waals surface area contributed by atoms with Crippen LogP contribution in [0.3, 0.4) is 0 Å². The van der Waals surface area contributed by atoms with E-state index < -0.39 is 0 Å². The zero-order chi connectivity index (χ0) is 15.9. The number of pyridine rings is 1. The van der Waals surface area contributed by atoms with E-state index in [0.717, 1.165) is 40.7 Å². The molecule has 4 heteroatoms. The Morgan fingerprint density at radius 3 is 2.45 bits per heavy atom. The number of nitrogens with zero attached hydrogens (tertiary/aromatic N) is 3. The summed E-state index contributed by atoms with van der Waals surface area (Å²) in [6.45, 7) is 9.85. The average Bonchev–Trinajstić information content (AvgIpc) is 2.77.